The molecule has 2 heterocycles. The van der Waals surface area contributed by atoms with E-state index in [1.54, 1.807) is 11.3 Å². The highest BCUT2D eigenvalue weighted by molar-refractivity contribution is 7.10. The number of thiophene rings is 1. The largest absolute Gasteiger partial charge is 0.407 e. The molecule has 6 heteroatoms. The molecule has 2 rings (SSSR count). The van der Waals surface area contributed by atoms with Crippen LogP contribution < -0.4 is 11.1 Å². The van der Waals surface area contributed by atoms with Crippen molar-refractivity contribution in [2.45, 2.75) is 25.8 Å². The van der Waals surface area contributed by atoms with Crippen LogP contribution in [-0.4, -0.2) is 16.7 Å². The normalized spacial score (nSPS) is 11.7. The first-order chi connectivity index (χ1) is 8.12. The summed E-state index contributed by atoms with van der Waals surface area (Å²) in [5.74, 6) is 0.446. The van der Waals surface area contributed by atoms with Gasteiger partial charge in [-0.05, 0) is 11.4 Å². The number of nitrogens with one attached hydrogen (secondary N) is 1. The van der Waals surface area contributed by atoms with Crippen LogP contribution in [0.25, 0.3) is 0 Å². The zero-order valence-corrected chi connectivity index (χ0v) is 10.8. The van der Waals surface area contributed by atoms with Gasteiger partial charge in [0.15, 0.2) is 0 Å². The predicted octanol–water partition coefficient (Wildman–Crippen LogP) is 1.98. The van der Waals surface area contributed by atoms with Gasteiger partial charge in [0.25, 0.3) is 0 Å². The second-order valence-electron chi connectivity index (χ2n) is 4.42. The lowest BCUT2D eigenvalue weighted by molar-refractivity contribution is 0.494. The van der Waals surface area contributed by atoms with Crippen molar-refractivity contribution in [1.29, 1.82) is 0 Å². The first kappa shape index (κ1) is 12.1. The molecule has 0 bridgehead atoms. The van der Waals surface area contributed by atoms with E-state index in [1.807, 2.05) is 0 Å². The Morgan fingerprint density at radius 1 is 1.47 bits per heavy atom. The quantitative estimate of drug-likeness (QED) is 0.851. The molecule has 2 aromatic rings. The van der Waals surface area contributed by atoms with Gasteiger partial charge < -0.3 is 15.5 Å². The summed E-state index contributed by atoms with van der Waals surface area (Å²) in [5.41, 5.74) is 5.43. The summed E-state index contributed by atoms with van der Waals surface area (Å²) in [7, 11) is 0. The van der Waals surface area contributed by atoms with Crippen molar-refractivity contribution < 1.29 is 4.42 Å². The van der Waals surface area contributed by atoms with Gasteiger partial charge in [-0.25, -0.2) is 0 Å². The number of rotatable bonds is 5. The standard InChI is InChI=1S/C11H16N4OS/c1-11(2,8-4-3-5-17-8)7-13-10-15-14-9(6-12)16-10/h3-5H,6-7,12H2,1-2H3,(H,13,15). The van der Waals surface area contributed by atoms with Gasteiger partial charge in [0.05, 0.1) is 6.54 Å². The first-order valence-corrected chi connectivity index (χ1v) is 6.30. The van der Waals surface area contributed by atoms with Crippen LogP contribution in [0.3, 0.4) is 0 Å². The summed E-state index contributed by atoms with van der Waals surface area (Å²) >= 11 is 1.75. The molecule has 0 fully saturated rings. The van der Waals surface area contributed by atoms with Crippen molar-refractivity contribution in [3.63, 3.8) is 0 Å². The summed E-state index contributed by atoms with van der Waals surface area (Å²) in [5, 5.41) is 12.9. The molecule has 0 spiro atoms. The van der Waals surface area contributed by atoms with E-state index < -0.39 is 0 Å². The minimum absolute atomic E-state index is 0.0332. The summed E-state index contributed by atoms with van der Waals surface area (Å²) in [4.78, 5) is 1.32. The van der Waals surface area contributed by atoms with Gasteiger partial charge in [-0.2, -0.15) is 0 Å². The zero-order valence-electron chi connectivity index (χ0n) is 9.93. The van der Waals surface area contributed by atoms with Crippen LogP contribution in [-0.2, 0) is 12.0 Å². The van der Waals surface area contributed by atoms with Crippen LogP contribution >= 0.6 is 11.3 Å². The van der Waals surface area contributed by atoms with Gasteiger partial charge in [0, 0.05) is 16.8 Å². The van der Waals surface area contributed by atoms with Crippen LogP contribution in [0.2, 0.25) is 0 Å². The fourth-order valence-corrected chi connectivity index (χ4v) is 2.31. The molecule has 0 aliphatic rings. The molecule has 17 heavy (non-hydrogen) atoms. The van der Waals surface area contributed by atoms with Crippen LogP contribution in [0.1, 0.15) is 24.6 Å². The Hall–Kier alpha value is -1.40. The molecule has 0 aromatic carbocycles. The van der Waals surface area contributed by atoms with E-state index in [0.29, 0.717) is 11.9 Å². The lowest BCUT2D eigenvalue weighted by atomic mass is 9.91. The Labute approximate surface area is 104 Å². The van der Waals surface area contributed by atoms with E-state index in [-0.39, 0.29) is 12.0 Å². The average molecular weight is 252 g/mol. The monoisotopic (exact) mass is 252 g/mol. The van der Waals surface area contributed by atoms with Crippen molar-refractivity contribution in [3.05, 3.63) is 28.3 Å². The number of hydrogen-bond acceptors (Lipinski definition) is 6. The molecule has 2 aromatic heterocycles. The van der Waals surface area contributed by atoms with Crippen molar-refractivity contribution in [1.82, 2.24) is 10.2 Å². The molecule has 0 radical (unpaired) electrons. The van der Waals surface area contributed by atoms with Gasteiger partial charge in [0.2, 0.25) is 5.89 Å². The predicted molar refractivity (Wildman–Crippen MR) is 68.0 cm³/mol. The highest BCUT2D eigenvalue weighted by Crippen LogP contribution is 2.27. The minimum Gasteiger partial charge on any atom is -0.407 e. The number of nitrogens with zero attached hydrogens (tertiary/aromatic N) is 2. The summed E-state index contributed by atoms with van der Waals surface area (Å²) < 4.78 is 5.29. The Kier molecular flexibility index (Phi) is 3.44. The maximum Gasteiger partial charge on any atom is 0.315 e. The Balaban J connectivity index is 1.97. The van der Waals surface area contributed by atoms with E-state index in [4.69, 9.17) is 10.2 Å². The molecular weight excluding hydrogens is 236 g/mol. The fourth-order valence-electron chi connectivity index (χ4n) is 1.45. The fraction of sp³-hybridized carbons (Fsp3) is 0.455. The van der Waals surface area contributed by atoms with E-state index in [9.17, 15) is 0 Å². The summed E-state index contributed by atoms with van der Waals surface area (Å²) in [6.07, 6.45) is 0. The number of nitrogens with two attached hydrogens (primary N) is 1. The molecule has 0 aliphatic heterocycles. The van der Waals surface area contributed by atoms with Gasteiger partial charge >= 0.3 is 6.01 Å². The molecule has 0 unspecified atom stereocenters. The summed E-state index contributed by atoms with van der Waals surface area (Å²) in [6, 6.07) is 4.61. The van der Waals surface area contributed by atoms with Crippen LogP contribution in [0.4, 0.5) is 6.01 Å². The van der Waals surface area contributed by atoms with Gasteiger partial charge in [0.1, 0.15) is 0 Å². The Bertz CT molecular complexity index is 464. The van der Waals surface area contributed by atoms with Gasteiger partial charge in [-0.15, -0.1) is 16.4 Å². The second kappa shape index (κ2) is 4.85. The van der Waals surface area contributed by atoms with Crippen molar-refractivity contribution in [2.75, 3.05) is 11.9 Å². The Morgan fingerprint density at radius 2 is 2.29 bits per heavy atom. The van der Waals surface area contributed by atoms with Gasteiger partial charge in [-0.1, -0.05) is 25.0 Å². The highest BCUT2D eigenvalue weighted by Gasteiger charge is 2.22. The molecule has 92 valence electrons. The third-order valence-corrected chi connectivity index (χ3v) is 3.75. The molecule has 3 N–H and O–H groups in total. The number of anilines is 1. The lowest BCUT2D eigenvalue weighted by Crippen LogP contribution is -2.26. The molecule has 0 atom stereocenters. The maximum atomic E-state index is 5.40. The SMILES string of the molecule is CC(C)(CNc1nnc(CN)o1)c1cccs1. The van der Waals surface area contributed by atoms with E-state index in [2.05, 4.69) is 46.9 Å². The topological polar surface area (TPSA) is 77.0 Å². The second-order valence-corrected chi connectivity index (χ2v) is 5.37. The van der Waals surface area contributed by atoms with Crippen LogP contribution in [0.5, 0.6) is 0 Å². The lowest BCUT2D eigenvalue weighted by Gasteiger charge is -2.22. The minimum atomic E-state index is 0.0332. The molecule has 0 saturated heterocycles. The maximum absolute atomic E-state index is 5.40. The third-order valence-electron chi connectivity index (χ3n) is 2.51. The Morgan fingerprint density at radius 3 is 2.88 bits per heavy atom. The van der Waals surface area contributed by atoms with Gasteiger partial charge in [-0.3, -0.25) is 0 Å². The molecular formula is C11H16N4OS. The molecule has 5 nitrogen and oxygen atoms in total. The molecule has 0 saturated carbocycles. The molecule has 0 aliphatic carbocycles. The first-order valence-electron chi connectivity index (χ1n) is 5.42. The van der Waals surface area contributed by atoms with E-state index >= 15 is 0 Å². The molecule has 0 amide bonds. The van der Waals surface area contributed by atoms with Crippen LogP contribution in [0, 0.1) is 0 Å². The highest BCUT2D eigenvalue weighted by atomic mass is 32.1. The zero-order chi connectivity index (χ0) is 12.3. The average Bonchev–Trinajstić information content (AvgIpc) is 2.98. The van der Waals surface area contributed by atoms with E-state index in [0.717, 1.165) is 6.54 Å². The van der Waals surface area contributed by atoms with Crippen molar-refractivity contribution in [3.8, 4) is 0 Å². The third kappa shape index (κ3) is 2.83. The van der Waals surface area contributed by atoms with Crippen LogP contribution in [0.15, 0.2) is 21.9 Å². The van der Waals surface area contributed by atoms with Crippen molar-refractivity contribution >= 4 is 17.4 Å². The van der Waals surface area contributed by atoms with Crippen molar-refractivity contribution in [2.24, 2.45) is 5.73 Å². The number of hydrogen-bond donors (Lipinski definition) is 2. The van der Waals surface area contributed by atoms with E-state index in [1.165, 1.54) is 4.88 Å². The summed E-state index contributed by atoms with van der Waals surface area (Å²) in [6.45, 7) is 5.35. The number of aromatic nitrogens is 2. The smallest absolute Gasteiger partial charge is 0.315 e.